The standard InChI is InChI=1S/C10H18N4O2/c1-14-7-8(6-13-14)9(11)10(15)12-4-3-5-16-2/h6-7,9H,3-5,11H2,1-2H3,(H,12,15). The monoisotopic (exact) mass is 226 g/mol. The molecule has 16 heavy (non-hydrogen) atoms. The zero-order valence-corrected chi connectivity index (χ0v) is 9.64. The molecule has 1 heterocycles. The molecule has 90 valence electrons. The molecule has 3 N–H and O–H groups in total. The Morgan fingerprint density at radius 1 is 1.75 bits per heavy atom. The van der Waals surface area contributed by atoms with Gasteiger partial charge in [0.25, 0.3) is 0 Å². The lowest BCUT2D eigenvalue weighted by Gasteiger charge is -2.10. The number of nitrogens with two attached hydrogens (primary N) is 1. The number of ether oxygens (including phenoxy) is 1. The van der Waals surface area contributed by atoms with Crippen molar-refractivity contribution in [2.45, 2.75) is 12.5 Å². The minimum Gasteiger partial charge on any atom is -0.385 e. The van der Waals surface area contributed by atoms with Gasteiger partial charge in [0.15, 0.2) is 0 Å². The van der Waals surface area contributed by atoms with Crippen molar-refractivity contribution in [1.82, 2.24) is 15.1 Å². The maximum atomic E-state index is 11.6. The van der Waals surface area contributed by atoms with Crippen molar-refractivity contribution in [3.05, 3.63) is 18.0 Å². The van der Waals surface area contributed by atoms with Crippen LogP contribution in [0.5, 0.6) is 0 Å². The van der Waals surface area contributed by atoms with Crippen LogP contribution in [0, 0.1) is 0 Å². The van der Waals surface area contributed by atoms with Crippen LogP contribution in [0.15, 0.2) is 12.4 Å². The second kappa shape index (κ2) is 6.24. The molecule has 0 saturated carbocycles. The first kappa shape index (κ1) is 12.7. The minimum atomic E-state index is -0.656. The first-order chi connectivity index (χ1) is 7.65. The van der Waals surface area contributed by atoms with E-state index in [1.165, 1.54) is 0 Å². The summed E-state index contributed by atoms with van der Waals surface area (Å²) in [5.41, 5.74) is 6.48. The Balaban J connectivity index is 2.36. The van der Waals surface area contributed by atoms with E-state index in [4.69, 9.17) is 10.5 Å². The topological polar surface area (TPSA) is 82.2 Å². The van der Waals surface area contributed by atoms with Gasteiger partial charge in [-0.05, 0) is 6.42 Å². The van der Waals surface area contributed by atoms with Gasteiger partial charge < -0.3 is 15.8 Å². The zero-order valence-electron chi connectivity index (χ0n) is 9.64. The molecule has 6 heteroatoms. The molecular formula is C10H18N4O2. The summed E-state index contributed by atoms with van der Waals surface area (Å²) in [4.78, 5) is 11.6. The van der Waals surface area contributed by atoms with Crippen molar-refractivity contribution in [3.8, 4) is 0 Å². The second-order valence-corrected chi connectivity index (χ2v) is 3.56. The van der Waals surface area contributed by atoms with E-state index in [0.717, 1.165) is 6.42 Å². The lowest BCUT2D eigenvalue weighted by Crippen LogP contribution is -2.34. The van der Waals surface area contributed by atoms with Crippen LogP contribution in [0.2, 0.25) is 0 Å². The van der Waals surface area contributed by atoms with Crippen molar-refractivity contribution in [2.75, 3.05) is 20.3 Å². The van der Waals surface area contributed by atoms with Crippen LogP contribution < -0.4 is 11.1 Å². The molecule has 1 unspecified atom stereocenters. The largest absolute Gasteiger partial charge is 0.385 e. The summed E-state index contributed by atoms with van der Waals surface area (Å²) in [6, 6.07) is -0.656. The lowest BCUT2D eigenvalue weighted by atomic mass is 10.1. The summed E-state index contributed by atoms with van der Waals surface area (Å²) in [5.74, 6) is -0.191. The molecule has 1 aromatic rings. The Kier molecular flexibility index (Phi) is 4.94. The van der Waals surface area contributed by atoms with Gasteiger partial charge in [0.1, 0.15) is 6.04 Å². The summed E-state index contributed by atoms with van der Waals surface area (Å²) in [5, 5.41) is 6.71. The molecule has 1 atom stereocenters. The Morgan fingerprint density at radius 2 is 2.50 bits per heavy atom. The van der Waals surface area contributed by atoms with Gasteiger partial charge in [-0.15, -0.1) is 0 Å². The first-order valence-corrected chi connectivity index (χ1v) is 5.16. The van der Waals surface area contributed by atoms with E-state index in [9.17, 15) is 4.79 Å². The van der Waals surface area contributed by atoms with Gasteiger partial charge in [0.2, 0.25) is 5.91 Å². The van der Waals surface area contributed by atoms with Crippen molar-refractivity contribution < 1.29 is 9.53 Å². The number of nitrogens with one attached hydrogen (secondary N) is 1. The van der Waals surface area contributed by atoms with Crippen molar-refractivity contribution in [3.63, 3.8) is 0 Å². The third kappa shape index (κ3) is 3.63. The predicted molar refractivity (Wildman–Crippen MR) is 59.6 cm³/mol. The smallest absolute Gasteiger partial charge is 0.241 e. The van der Waals surface area contributed by atoms with E-state index in [0.29, 0.717) is 18.7 Å². The van der Waals surface area contributed by atoms with Gasteiger partial charge in [0.05, 0.1) is 6.20 Å². The molecular weight excluding hydrogens is 208 g/mol. The number of hydrogen-bond donors (Lipinski definition) is 2. The highest BCUT2D eigenvalue weighted by atomic mass is 16.5. The maximum Gasteiger partial charge on any atom is 0.241 e. The highest BCUT2D eigenvalue weighted by Gasteiger charge is 2.16. The van der Waals surface area contributed by atoms with Crippen molar-refractivity contribution in [1.29, 1.82) is 0 Å². The lowest BCUT2D eigenvalue weighted by molar-refractivity contribution is -0.122. The fourth-order valence-electron chi connectivity index (χ4n) is 1.29. The summed E-state index contributed by atoms with van der Waals surface area (Å²) in [6.45, 7) is 1.20. The van der Waals surface area contributed by atoms with Crippen LogP contribution in [-0.2, 0) is 16.6 Å². The normalized spacial score (nSPS) is 12.4. The Labute approximate surface area is 94.8 Å². The van der Waals surface area contributed by atoms with Gasteiger partial charge in [0, 0.05) is 39.1 Å². The van der Waals surface area contributed by atoms with Gasteiger partial charge in [-0.1, -0.05) is 0 Å². The van der Waals surface area contributed by atoms with E-state index < -0.39 is 6.04 Å². The second-order valence-electron chi connectivity index (χ2n) is 3.56. The maximum absolute atomic E-state index is 11.6. The average Bonchev–Trinajstić information content (AvgIpc) is 2.70. The summed E-state index contributed by atoms with van der Waals surface area (Å²) in [7, 11) is 3.41. The van der Waals surface area contributed by atoms with Crippen LogP contribution in [0.3, 0.4) is 0 Å². The average molecular weight is 226 g/mol. The number of hydrogen-bond acceptors (Lipinski definition) is 4. The Morgan fingerprint density at radius 3 is 3.06 bits per heavy atom. The minimum absolute atomic E-state index is 0.191. The Bertz CT molecular complexity index is 337. The fourth-order valence-corrected chi connectivity index (χ4v) is 1.29. The quantitative estimate of drug-likeness (QED) is 0.645. The SMILES string of the molecule is COCCCNC(=O)C(N)c1cnn(C)c1. The van der Waals surface area contributed by atoms with Gasteiger partial charge in [-0.3, -0.25) is 9.48 Å². The number of amides is 1. The number of carbonyl (C=O) groups is 1. The van der Waals surface area contributed by atoms with E-state index in [1.807, 2.05) is 0 Å². The van der Waals surface area contributed by atoms with Crippen molar-refractivity contribution >= 4 is 5.91 Å². The fraction of sp³-hybridized carbons (Fsp3) is 0.600. The highest BCUT2D eigenvalue weighted by molar-refractivity contribution is 5.82. The number of carbonyl (C=O) groups excluding carboxylic acids is 1. The molecule has 0 radical (unpaired) electrons. The molecule has 1 aromatic heterocycles. The number of nitrogens with zero attached hydrogens (tertiary/aromatic N) is 2. The number of methoxy groups -OCH3 is 1. The number of rotatable bonds is 6. The third-order valence-corrected chi connectivity index (χ3v) is 2.19. The van der Waals surface area contributed by atoms with Crippen LogP contribution in [0.25, 0.3) is 0 Å². The molecule has 0 fully saturated rings. The zero-order chi connectivity index (χ0) is 12.0. The molecule has 1 rings (SSSR count). The van der Waals surface area contributed by atoms with E-state index in [2.05, 4.69) is 10.4 Å². The van der Waals surface area contributed by atoms with Crippen LogP contribution >= 0.6 is 0 Å². The molecule has 0 saturated heterocycles. The number of aryl methyl sites for hydroxylation is 1. The van der Waals surface area contributed by atoms with Gasteiger partial charge >= 0.3 is 0 Å². The van der Waals surface area contributed by atoms with Gasteiger partial charge in [-0.2, -0.15) is 5.10 Å². The third-order valence-electron chi connectivity index (χ3n) is 2.19. The van der Waals surface area contributed by atoms with Crippen LogP contribution in [0.1, 0.15) is 18.0 Å². The summed E-state index contributed by atoms with van der Waals surface area (Å²) >= 11 is 0. The van der Waals surface area contributed by atoms with Gasteiger partial charge in [-0.25, -0.2) is 0 Å². The van der Waals surface area contributed by atoms with E-state index in [-0.39, 0.29) is 5.91 Å². The molecule has 1 amide bonds. The Hall–Kier alpha value is -1.40. The molecule has 0 aliphatic carbocycles. The first-order valence-electron chi connectivity index (χ1n) is 5.16. The van der Waals surface area contributed by atoms with E-state index in [1.54, 1.807) is 31.2 Å². The highest BCUT2D eigenvalue weighted by Crippen LogP contribution is 2.07. The predicted octanol–water partition coefficient (Wildman–Crippen LogP) is -0.427. The van der Waals surface area contributed by atoms with Crippen LogP contribution in [-0.4, -0.2) is 35.9 Å². The van der Waals surface area contributed by atoms with E-state index >= 15 is 0 Å². The molecule has 0 spiro atoms. The molecule has 0 aromatic carbocycles. The molecule has 6 nitrogen and oxygen atoms in total. The summed E-state index contributed by atoms with van der Waals surface area (Å²) < 4.78 is 6.49. The summed E-state index contributed by atoms with van der Waals surface area (Å²) in [6.07, 6.45) is 4.11. The molecule has 0 aliphatic heterocycles. The van der Waals surface area contributed by atoms with Crippen molar-refractivity contribution in [2.24, 2.45) is 12.8 Å². The number of aromatic nitrogens is 2. The molecule has 0 bridgehead atoms. The van der Waals surface area contributed by atoms with Crippen LogP contribution in [0.4, 0.5) is 0 Å². The molecule has 0 aliphatic rings.